The maximum atomic E-state index is 12.2. The minimum atomic E-state index is -0.0453. The van der Waals surface area contributed by atoms with Gasteiger partial charge >= 0.3 is 6.03 Å². The van der Waals surface area contributed by atoms with Gasteiger partial charge in [-0.15, -0.1) is 0 Å². The lowest BCUT2D eigenvalue weighted by Gasteiger charge is -2.39. The summed E-state index contributed by atoms with van der Waals surface area (Å²) in [5.41, 5.74) is 0.434. The van der Waals surface area contributed by atoms with E-state index in [-0.39, 0.29) is 6.03 Å². The van der Waals surface area contributed by atoms with Crippen molar-refractivity contribution in [2.75, 3.05) is 26.2 Å². The summed E-state index contributed by atoms with van der Waals surface area (Å²) in [5, 5.41) is 3.92. The van der Waals surface area contributed by atoms with Gasteiger partial charge in [-0.25, -0.2) is 9.78 Å². The molecule has 110 valence electrons. The molecule has 6 heteroatoms. The first-order chi connectivity index (χ1) is 9.60. The molecule has 1 aromatic rings. The van der Waals surface area contributed by atoms with Gasteiger partial charge in [0, 0.05) is 25.7 Å². The Morgan fingerprint density at radius 3 is 2.45 bits per heavy atom. The van der Waals surface area contributed by atoms with Crippen LogP contribution in [0.1, 0.15) is 33.1 Å². The summed E-state index contributed by atoms with van der Waals surface area (Å²) >= 11 is 0. The normalized spacial score (nSPS) is 22.9. The maximum Gasteiger partial charge on any atom is 0.346 e. The highest BCUT2D eigenvalue weighted by Crippen LogP contribution is 2.40. The lowest BCUT2D eigenvalue weighted by molar-refractivity contribution is 0.114. The van der Waals surface area contributed by atoms with Gasteiger partial charge in [-0.2, -0.15) is 9.78 Å². The third-order valence-electron chi connectivity index (χ3n) is 4.91. The van der Waals surface area contributed by atoms with Crippen LogP contribution in [0.4, 0.5) is 4.79 Å². The van der Waals surface area contributed by atoms with Gasteiger partial charge in [0.05, 0.1) is 0 Å². The van der Waals surface area contributed by atoms with E-state index in [2.05, 4.69) is 28.8 Å². The van der Waals surface area contributed by atoms with Gasteiger partial charge in [-0.05, 0) is 45.1 Å². The van der Waals surface area contributed by atoms with Crippen molar-refractivity contribution in [2.45, 2.75) is 39.2 Å². The van der Waals surface area contributed by atoms with E-state index >= 15 is 0 Å². The van der Waals surface area contributed by atoms with Crippen LogP contribution in [0, 0.1) is 5.41 Å². The van der Waals surface area contributed by atoms with Crippen molar-refractivity contribution >= 4 is 6.03 Å². The number of carbonyl (C=O) groups is 1. The molecule has 0 unspecified atom stereocenters. The molecule has 1 amide bonds. The van der Waals surface area contributed by atoms with Crippen molar-refractivity contribution in [3.05, 3.63) is 12.7 Å². The van der Waals surface area contributed by atoms with Crippen LogP contribution >= 0.6 is 0 Å². The van der Waals surface area contributed by atoms with Crippen LogP contribution < -0.4 is 0 Å². The number of aromatic nitrogens is 3. The standard InChI is InChI=1S/C14H23N5O/c1-12(2)18-8-5-14(9-18)3-6-17(7-4-14)13(20)19-11-15-10-16-19/h10-12H,3-9H2,1-2H3. The first kappa shape index (κ1) is 13.5. The van der Waals surface area contributed by atoms with Crippen LogP contribution in [0.25, 0.3) is 0 Å². The zero-order valence-corrected chi connectivity index (χ0v) is 12.3. The molecule has 1 aromatic heterocycles. The average Bonchev–Trinajstić information content (AvgIpc) is 3.09. The van der Waals surface area contributed by atoms with E-state index in [1.807, 2.05) is 4.90 Å². The van der Waals surface area contributed by atoms with Crippen LogP contribution in [0.3, 0.4) is 0 Å². The minimum absolute atomic E-state index is 0.0453. The van der Waals surface area contributed by atoms with Crippen LogP contribution in [0.15, 0.2) is 12.7 Å². The first-order valence-electron chi connectivity index (χ1n) is 7.48. The Morgan fingerprint density at radius 2 is 1.90 bits per heavy atom. The van der Waals surface area contributed by atoms with Gasteiger partial charge in [-0.1, -0.05) is 0 Å². The van der Waals surface area contributed by atoms with E-state index in [0.717, 1.165) is 25.9 Å². The Labute approximate surface area is 119 Å². The fourth-order valence-electron chi connectivity index (χ4n) is 3.44. The molecule has 6 nitrogen and oxygen atoms in total. The van der Waals surface area contributed by atoms with E-state index in [1.165, 1.54) is 36.8 Å². The minimum Gasteiger partial charge on any atom is -0.323 e. The van der Waals surface area contributed by atoms with Gasteiger partial charge in [-0.3, -0.25) is 0 Å². The molecular formula is C14H23N5O. The molecule has 0 bridgehead atoms. The Balaban J connectivity index is 1.59. The molecule has 3 rings (SSSR count). The summed E-state index contributed by atoms with van der Waals surface area (Å²) < 4.78 is 1.33. The molecule has 2 saturated heterocycles. The molecule has 2 aliphatic heterocycles. The van der Waals surface area contributed by atoms with Crippen molar-refractivity contribution in [1.29, 1.82) is 0 Å². The average molecular weight is 277 g/mol. The van der Waals surface area contributed by atoms with Crippen molar-refractivity contribution in [1.82, 2.24) is 24.6 Å². The fraction of sp³-hybridized carbons (Fsp3) is 0.786. The quantitative estimate of drug-likeness (QED) is 0.779. The molecule has 0 atom stereocenters. The van der Waals surface area contributed by atoms with Gasteiger partial charge < -0.3 is 9.80 Å². The van der Waals surface area contributed by atoms with E-state index < -0.39 is 0 Å². The van der Waals surface area contributed by atoms with Crippen molar-refractivity contribution < 1.29 is 4.79 Å². The summed E-state index contributed by atoms with van der Waals surface area (Å²) in [7, 11) is 0. The monoisotopic (exact) mass is 277 g/mol. The van der Waals surface area contributed by atoms with Gasteiger partial charge in [0.1, 0.15) is 12.7 Å². The summed E-state index contributed by atoms with van der Waals surface area (Å²) in [5.74, 6) is 0. The Bertz CT molecular complexity index is 462. The zero-order chi connectivity index (χ0) is 14.2. The highest BCUT2D eigenvalue weighted by atomic mass is 16.2. The van der Waals surface area contributed by atoms with Crippen molar-refractivity contribution in [3.8, 4) is 0 Å². The number of nitrogens with zero attached hydrogens (tertiary/aromatic N) is 5. The van der Waals surface area contributed by atoms with E-state index in [1.54, 1.807) is 0 Å². The Kier molecular flexibility index (Phi) is 3.50. The third kappa shape index (κ3) is 2.44. The SMILES string of the molecule is CC(C)N1CCC2(CCN(C(=O)n3cncn3)CC2)C1. The van der Waals surface area contributed by atoms with E-state index in [9.17, 15) is 4.79 Å². The molecule has 2 aliphatic rings. The van der Waals surface area contributed by atoms with E-state index in [4.69, 9.17) is 0 Å². The summed E-state index contributed by atoms with van der Waals surface area (Å²) in [6.45, 7) is 8.60. The highest BCUT2D eigenvalue weighted by molar-refractivity contribution is 5.75. The summed E-state index contributed by atoms with van der Waals surface area (Å²) in [4.78, 5) is 20.5. The predicted octanol–water partition coefficient (Wildman–Crippen LogP) is 1.44. The lowest BCUT2D eigenvalue weighted by atomic mass is 9.78. The number of carbonyl (C=O) groups excluding carboxylic acids is 1. The number of hydrogen-bond donors (Lipinski definition) is 0. The van der Waals surface area contributed by atoms with Crippen LogP contribution in [-0.2, 0) is 0 Å². The summed E-state index contributed by atoms with van der Waals surface area (Å²) in [6.07, 6.45) is 6.37. The number of piperidine rings is 1. The second-order valence-electron chi connectivity index (χ2n) is 6.42. The van der Waals surface area contributed by atoms with Crippen LogP contribution in [0.2, 0.25) is 0 Å². The number of amides is 1. The van der Waals surface area contributed by atoms with Crippen LogP contribution in [-0.4, -0.2) is 62.8 Å². The second-order valence-corrected chi connectivity index (χ2v) is 6.42. The Hall–Kier alpha value is -1.43. The third-order valence-corrected chi connectivity index (χ3v) is 4.91. The predicted molar refractivity (Wildman–Crippen MR) is 75.4 cm³/mol. The number of rotatable bonds is 1. The largest absolute Gasteiger partial charge is 0.346 e. The molecule has 1 spiro atoms. The van der Waals surface area contributed by atoms with Crippen molar-refractivity contribution in [3.63, 3.8) is 0 Å². The zero-order valence-electron chi connectivity index (χ0n) is 12.3. The first-order valence-corrected chi connectivity index (χ1v) is 7.48. The molecule has 0 aliphatic carbocycles. The molecular weight excluding hydrogens is 254 g/mol. The number of hydrogen-bond acceptors (Lipinski definition) is 4. The van der Waals surface area contributed by atoms with Gasteiger partial charge in [0.15, 0.2) is 0 Å². The van der Waals surface area contributed by atoms with Crippen molar-refractivity contribution in [2.24, 2.45) is 5.41 Å². The second kappa shape index (κ2) is 5.16. The fourth-order valence-corrected chi connectivity index (χ4v) is 3.44. The maximum absolute atomic E-state index is 12.2. The van der Waals surface area contributed by atoms with Gasteiger partial charge in [0.2, 0.25) is 0 Å². The highest BCUT2D eigenvalue weighted by Gasteiger charge is 2.41. The molecule has 20 heavy (non-hydrogen) atoms. The number of likely N-dealkylation sites (tertiary alicyclic amines) is 2. The lowest BCUT2D eigenvalue weighted by Crippen LogP contribution is -2.46. The molecule has 0 saturated carbocycles. The van der Waals surface area contributed by atoms with E-state index in [0.29, 0.717) is 11.5 Å². The van der Waals surface area contributed by atoms with Crippen LogP contribution in [0.5, 0.6) is 0 Å². The Morgan fingerprint density at radius 1 is 1.20 bits per heavy atom. The smallest absolute Gasteiger partial charge is 0.323 e. The van der Waals surface area contributed by atoms with Gasteiger partial charge in [0.25, 0.3) is 0 Å². The topological polar surface area (TPSA) is 54.3 Å². The molecule has 0 aromatic carbocycles. The molecule has 0 N–H and O–H groups in total. The molecule has 0 radical (unpaired) electrons. The molecule has 2 fully saturated rings. The molecule has 3 heterocycles. The summed E-state index contributed by atoms with van der Waals surface area (Å²) in [6, 6.07) is 0.584.